The highest BCUT2D eigenvalue weighted by atomic mass is 127. The van der Waals surface area contributed by atoms with Gasteiger partial charge in [-0.2, -0.15) is 0 Å². The van der Waals surface area contributed by atoms with E-state index in [2.05, 4.69) is 9.97 Å². The highest BCUT2D eigenvalue weighted by Crippen LogP contribution is 2.25. The van der Waals surface area contributed by atoms with Crippen LogP contribution in [0.4, 0.5) is 17.6 Å². The Bertz CT molecular complexity index is 689. The molecule has 26 heavy (non-hydrogen) atoms. The average molecular weight is 588 g/mol. The Kier molecular flexibility index (Phi) is 9.99. The van der Waals surface area contributed by atoms with Crippen LogP contribution in [0.1, 0.15) is 11.4 Å². The zero-order chi connectivity index (χ0) is 19.7. The zero-order valence-corrected chi connectivity index (χ0v) is 18.1. The van der Waals surface area contributed by atoms with Crippen molar-refractivity contribution in [3.05, 3.63) is 90.6 Å². The molecule has 0 radical (unpaired) electrons. The van der Waals surface area contributed by atoms with Gasteiger partial charge in [0, 0.05) is 23.8 Å². The smallest absolute Gasteiger partial charge is 0.176 e. The van der Waals surface area contributed by atoms with Gasteiger partial charge in [0.05, 0.1) is 7.14 Å². The van der Waals surface area contributed by atoms with Crippen molar-refractivity contribution in [3.63, 3.8) is 0 Å². The van der Waals surface area contributed by atoms with Gasteiger partial charge >= 0.3 is 0 Å². The summed E-state index contributed by atoms with van der Waals surface area (Å²) >= 11 is 2.41. The summed E-state index contributed by atoms with van der Waals surface area (Å²) in [7, 11) is 0. The summed E-state index contributed by atoms with van der Waals surface area (Å²) in [6.07, 6.45) is 3.57. The van der Waals surface area contributed by atoms with E-state index in [0.717, 1.165) is 11.4 Å². The van der Waals surface area contributed by atoms with Crippen LogP contribution >= 0.6 is 45.2 Å². The molecule has 0 fully saturated rings. The van der Waals surface area contributed by atoms with Crippen LogP contribution in [0.15, 0.2) is 48.8 Å². The molecule has 0 N–H and O–H groups in total. The van der Waals surface area contributed by atoms with Gasteiger partial charge in [-0.1, -0.05) is 12.1 Å². The molecule has 0 unspecified atom stereocenters. The third-order valence-electron chi connectivity index (χ3n) is 2.78. The second-order valence-electron chi connectivity index (χ2n) is 4.83. The van der Waals surface area contributed by atoms with Gasteiger partial charge in [-0.3, -0.25) is 9.97 Å². The number of hydrogen-bond acceptors (Lipinski definition) is 2. The fourth-order valence-electron chi connectivity index (χ4n) is 1.47. The van der Waals surface area contributed by atoms with Crippen LogP contribution in [-0.2, 0) is 0 Å². The number of hydrogen-bond donors (Lipinski definition) is 0. The standard InChI is InChI=1S/C6F4I2.2C6H7N/c7-1-2(8)6(12)4(10)3(9)5(1)11;2*1-6-4-2-3-5-7-6/h;2*2-5H,1H3. The summed E-state index contributed by atoms with van der Waals surface area (Å²) < 4.78 is 49.2. The second-order valence-corrected chi connectivity index (χ2v) is 6.98. The van der Waals surface area contributed by atoms with Crippen molar-refractivity contribution < 1.29 is 17.6 Å². The highest BCUT2D eigenvalue weighted by molar-refractivity contribution is 14.1. The maximum absolute atomic E-state index is 12.6. The van der Waals surface area contributed by atoms with Gasteiger partial charge in [0.1, 0.15) is 0 Å². The lowest BCUT2D eigenvalue weighted by atomic mass is 10.3. The van der Waals surface area contributed by atoms with Crippen molar-refractivity contribution in [1.82, 2.24) is 9.97 Å². The van der Waals surface area contributed by atoms with Crippen LogP contribution < -0.4 is 0 Å². The number of benzene rings is 1. The molecule has 3 aromatic rings. The third kappa shape index (κ3) is 7.14. The van der Waals surface area contributed by atoms with Gasteiger partial charge < -0.3 is 0 Å². The van der Waals surface area contributed by atoms with Crippen LogP contribution in [0, 0.1) is 44.3 Å². The third-order valence-corrected chi connectivity index (χ3v) is 4.68. The predicted molar refractivity (Wildman–Crippen MR) is 110 cm³/mol. The quantitative estimate of drug-likeness (QED) is 0.135. The molecule has 3 rings (SSSR count). The minimum absolute atomic E-state index is 0.664. The molecular weight excluding hydrogens is 574 g/mol. The summed E-state index contributed by atoms with van der Waals surface area (Å²) in [4.78, 5) is 7.96. The molecule has 2 nitrogen and oxygen atoms in total. The largest absolute Gasteiger partial charge is 0.262 e. The van der Waals surface area contributed by atoms with E-state index in [4.69, 9.17) is 0 Å². The summed E-state index contributed by atoms with van der Waals surface area (Å²) in [5.74, 6) is -5.39. The molecule has 0 spiro atoms. The molecule has 0 atom stereocenters. The molecule has 1 aromatic carbocycles. The minimum Gasteiger partial charge on any atom is -0.262 e. The van der Waals surface area contributed by atoms with Crippen LogP contribution in [0.25, 0.3) is 0 Å². The van der Waals surface area contributed by atoms with Crippen molar-refractivity contribution in [2.24, 2.45) is 0 Å². The van der Waals surface area contributed by atoms with E-state index in [1.807, 2.05) is 50.2 Å². The predicted octanol–water partition coefficient (Wildman–Crippen LogP) is 6.23. The lowest BCUT2D eigenvalue weighted by Gasteiger charge is -2.02. The molecule has 2 heterocycles. The summed E-state index contributed by atoms with van der Waals surface area (Å²) in [6, 6.07) is 11.7. The zero-order valence-electron chi connectivity index (χ0n) is 13.8. The molecule has 0 saturated carbocycles. The lowest BCUT2D eigenvalue weighted by molar-refractivity contribution is 0.437. The lowest BCUT2D eigenvalue weighted by Crippen LogP contribution is -2.02. The number of halogens is 6. The van der Waals surface area contributed by atoms with Gasteiger partial charge in [0.2, 0.25) is 0 Å². The molecule has 0 bridgehead atoms. The van der Waals surface area contributed by atoms with Gasteiger partial charge in [-0.15, -0.1) is 0 Å². The van der Waals surface area contributed by atoms with Crippen molar-refractivity contribution in [2.45, 2.75) is 13.8 Å². The molecule has 0 saturated heterocycles. The molecule has 0 amide bonds. The molecule has 0 aliphatic heterocycles. The van der Waals surface area contributed by atoms with E-state index < -0.39 is 30.4 Å². The first-order valence-corrected chi connectivity index (χ1v) is 9.33. The van der Waals surface area contributed by atoms with Crippen LogP contribution in [0.3, 0.4) is 0 Å². The highest BCUT2D eigenvalue weighted by Gasteiger charge is 2.21. The fourth-order valence-corrected chi connectivity index (χ4v) is 2.42. The molecular formula is C18H14F4I2N2. The Morgan fingerprint density at radius 1 is 0.615 bits per heavy atom. The summed E-state index contributed by atoms with van der Waals surface area (Å²) in [6.45, 7) is 3.94. The molecule has 2 aromatic heterocycles. The molecule has 8 heteroatoms. The first kappa shape index (κ1) is 22.7. The van der Waals surface area contributed by atoms with Gasteiger partial charge in [-0.25, -0.2) is 17.6 Å². The van der Waals surface area contributed by atoms with Crippen molar-refractivity contribution in [3.8, 4) is 0 Å². The van der Waals surface area contributed by atoms with Gasteiger partial charge in [-0.05, 0) is 83.3 Å². The molecule has 138 valence electrons. The van der Waals surface area contributed by atoms with Crippen molar-refractivity contribution >= 4 is 45.2 Å². The van der Waals surface area contributed by atoms with E-state index in [1.165, 1.54) is 45.2 Å². The Balaban J connectivity index is 0.000000207. The van der Waals surface area contributed by atoms with Crippen LogP contribution in [-0.4, -0.2) is 9.97 Å². The van der Waals surface area contributed by atoms with Gasteiger partial charge in [0.25, 0.3) is 0 Å². The number of aryl methyl sites for hydroxylation is 2. The Morgan fingerprint density at radius 3 is 1.08 bits per heavy atom. The second kappa shape index (κ2) is 11.4. The summed E-state index contributed by atoms with van der Waals surface area (Å²) in [5.41, 5.74) is 2.14. The normalized spacial score (nSPS) is 9.54. The van der Waals surface area contributed by atoms with E-state index in [9.17, 15) is 17.6 Å². The van der Waals surface area contributed by atoms with Crippen molar-refractivity contribution in [1.29, 1.82) is 0 Å². The number of rotatable bonds is 0. The van der Waals surface area contributed by atoms with E-state index in [-0.39, 0.29) is 0 Å². The Labute approximate surface area is 176 Å². The van der Waals surface area contributed by atoms with E-state index in [1.54, 1.807) is 12.4 Å². The monoisotopic (exact) mass is 588 g/mol. The van der Waals surface area contributed by atoms with Crippen LogP contribution in [0.2, 0.25) is 0 Å². The molecule has 0 aliphatic carbocycles. The first-order chi connectivity index (χ1) is 12.3. The number of aromatic nitrogens is 2. The first-order valence-electron chi connectivity index (χ1n) is 7.17. The van der Waals surface area contributed by atoms with Crippen LogP contribution in [0.5, 0.6) is 0 Å². The Hall–Kier alpha value is -1.30. The van der Waals surface area contributed by atoms with E-state index >= 15 is 0 Å². The minimum atomic E-state index is -1.35. The summed E-state index contributed by atoms with van der Waals surface area (Å²) in [5, 5.41) is 0. The SMILES string of the molecule is Cc1ccccn1.Cc1ccccn1.Fc1c(F)c(I)c(F)c(F)c1I. The van der Waals surface area contributed by atoms with E-state index in [0.29, 0.717) is 0 Å². The topological polar surface area (TPSA) is 25.8 Å². The average Bonchev–Trinajstić information content (AvgIpc) is 2.65. The maximum atomic E-state index is 12.6. The number of pyridine rings is 2. The number of nitrogens with zero attached hydrogens (tertiary/aromatic N) is 2. The maximum Gasteiger partial charge on any atom is 0.176 e. The Morgan fingerprint density at radius 2 is 0.923 bits per heavy atom. The fraction of sp³-hybridized carbons (Fsp3) is 0.111. The van der Waals surface area contributed by atoms with Crippen molar-refractivity contribution in [2.75, 3.05) is 0 Å². The van der Waals surface area contributed by atoms with Gasteiger partial charge in [0.15, 0.2) is 23.3 Å². The molecule has 0 aliphatic rings.